The van der Waals surface area contributed by atoms with Crippen LogP contribution in [0, 0.1) is 11.3 Å². The fourth-order valence-electron chi connectivity index (χ4n) is 1.32. The summed E-state index contributed by atoms with van der Waals surface area (Å²) in [6.45, 7) is 0.754. The van der Waals surface area contributed by atoms with Crippen molar-refractivity contribution in [2.75, 3.05) is 11.9 Å². The Bertz CT molecular complexity index is 487. The Labute approximate surface area is 97.6 Å². The molecule has 1 N–H and O–H groups in total. The maximum Gasteiger partial charge on any atom is 0.101 e. The predicted molar refractivity (Wildman–Crippen MR) is 63.3 cm³/mol. The van der Waals surface area contributed by atoms with Crippen LogP contribution in [0.1, 0.15) is 11.3 Å². The largest absolute Gasteiger partial charge is 0.382 e. The molecular weight excluding hydrogens is 220 g/mol. The summed E-state index contributed by atoms with van der Waals surface area (Å²) >= 11 is 1.59. The van der Waals surface area contributed by atoms with Gasteiger partial charge in [0, 0.05) is 24.5 Å². The van der Waals surface area contributed by atoms with E-state index in [4.69, 9.17) is 5.26 Å². The van der Waals surface area contributed by atoms with Crippen LogP contribution < -0.4 is 5.32 Å². The lowest BCUT2D eigenvalue weighted by molar-refractivity contribution is 0.974. The maximum atomic E-state index is 8.87. The first kappa shape index (κ1) is 10.6. The Balaban J connectivity index is 1.93. The molecular formula is C11H10N4S. The Morgan fingerprint density at radius 1 is 1.50 bits per heavy atom. The zero-order chi connectivity index (χ0) is 11.2. The van der Waals surface area contributed by atoms with Crippen LogP contribution in [0.4, 0.5) is 5.69 Å². The summed E-state index contributed by atoms with van der Waals surface area (Å²) in [7, 11) is 0. The molecule has 2 heterocycles. The van der Waals surface area contributed by atoms with Crippen LogP contribution in [0.15, 0.2) is 29.4 Å². The smallest absolute Gasteiger partial charge is 0.101 e. The summed E-state index contributed by atoms with van der Waals surface area (Å²) in [5.41, 5.74) is 4.29. The average Bonchev–Trinajstić information content (AvgIpc) is 2.83. The highest BCUT2D eigenvalue weighted by atomic mass is 32.1. The molecule has 0 unspecified atom stereocenters. The summed E-state index contributed by atoms with van der Waals surface area (Å²) in [5, 5.41) is 14.1. The van der Waals surface area contributed by atoms with Crippen LogP contribution in [-0.2, 0) is 6.42 Å². The topological polar surface area (TPSA) is 61.6 Å². The number of aromatic nitrogens is 2. The molecule has 4 nitrogen and oxygen atoms in total. The van der Waals surface area contributed by atoms with Gasteiger partial charge in [-0.3, -0.25) is 4.98 Å². The molecule has 0 amide bonds. The molecule has 0 atom stereocenters. The van der Waals surface area contributed by atoms with Gasteiger partial charge >= 0.3 is 0 Å². The van der Waals surface area contributed by atoms with Gasteiger partial charge in [0.05, 0.1) is 28.7 Å². The van der Waals surface area contributed by atoms with Crippen molar-refractivity contribution >= 4 is 17.0 Å². The SMILES string of the molecule is N#Cc1ccncc1NCCc1cscn1. The minimum absolute atomic E-state index is 0.619. The first-order chi connectivity index (χ1) is 7.90. The van der Waals surface area contributed by atoms with Crippen LogP contribution in [-0.4, -0.2) is 16.5 Å². The van der Waals surface area contributed by atoms with Crippen molar-refractivity contribution in [3.05, 3.63) is 40.6 Å². The van der Waals surface area contributed by atoms with Crippen molar-refractivity contribution in [3.8, 4) is 6.07 Å². The number of nitrogens with zero attached hydrogens (tertiary/aromatic N) is 3. The van der Waals surface area contributed by atoms with E-state index < -0.39 is 0 Å². The summed E-state index contributed by atoms with van der Waals surface area (Å²) in [5.74, 6) is 0. The number of anilines is 1. The van der Waals surface area contributed by atoms with E-state index in [0.29, 0.717) is 5.56 Å². The lowest BCUT2D eigenvalue weighted by atomic mass is 10.2. The number of thiazole rings is 1. The highest BCUT2D eigenvalue weighted by Gasteiger charge is 2.00. The Hall–Kier alpha value is -1.93. The number of hydrogen-bond donors (Lipinski definition) is 1. The Morgan fingerprint density at radius 3 is 3.19 bits per heavy atom. The standard InChI is InChI=1S/C11H10N4S/c12-5-9-1-3-13-6-11(9)14-4-2-10-7-16-8-15-10/h1,3,6-8,14H,2,4H2. The number of hydrogen-bond acceptors (Lipinski definition) is 5. The zero-order valence-electron chi connectivity index (χ0n) is 8.55. The van der Waals surface area contributed by atoms with Crippen molar-refractivity contribution < 1.29 is 0 Å². The van der Waals surface area contributed by atoms with Gasteiger partial charge in [0.25, 0.3) is 0 Å². The number of pyridine rings is 1. The second-order valence-electron chi connectivity index (χ2n) is 3.19. The highest BCUT2D eigenvalue weighted by molar-refractivity contribution is 7.07. The van der Waals surface area contributed by atoms with Crippen LogP contribution in [0.2, 0.25) is 0 Å². The lowest BCUT2D eigenvalue weighted by Crippen LogP contribution is -2.06. The molecule has 0 bridgehead atoms. The van der Waals surface area contributed by atoms with E-state index in [1.54, 1.807) is 29.8 Å². The summed E-state index contributed by atoms with van der Waals surface area (Å²) in [6.07, 6.45) is 4.13. The van der Waals surface area contributed by atoms with Gasteiger partial charge in [-0.2, -0.15) is 5.26 Å². The van der Waals surface area contributed by atoms with Crippen molar-refractivity contribution in [2.45, 2.75) is 6.42 Å². The zero-order valence-corrected chi connectivity index (χ0v) is 9.37. The van der Waals surface area contributed by atoms with E-state index in [1.807, 2.05) is 10.9 Å². The maximum absolute atomic E-state index is 8.87. The molecule has 0 aliphatic carbocycles. The van der Waals surface area contributed by atoms with Crippen molar-refractivity contribution in [3.63, 3.8) is 0 Å². The van der Waals surface area contributed by atoms with Gasteiger partial charge in [-0.1, -0.05) is 0 Å². The summed E-state index contributed by atoms with van der Waals surface area (Å²) in [4.78, 5) is 8.17. The second-order valence-corrected chi connectivity index (χ2v) is 3.91. The Morgan fingerprint density at radius 2 is 2.44 bits per heavy atom. The van der Waals surface area contributed by atoms with Crippen LogP contribution >= 0.6 is 11.3 Å². The molecule has 0 saturated carbocycles. The molecule has 0 aliphatic heterocycles. The van der Waals surface area contributed by atoms with Gasteiger partial charge in [0.15, 0.2) is 0 Å². The van der Waals surface area contributed by atoms with Crippen LogP contribution in [0.3, 0.4) is 0 Å². The van der Waals surface area contributed by atoms with E-state index in [9.17, 15) is 0 Å². The number of nitriles is 1. The minimum Gasteiger partial charge on any atom is -0.382 e. The summed E-state index contributed by atoms with van der Waals surface area (Å²) < 4.78 is 0. The van der Waals surface area contributed by atoms with Gasteiger partial charge < -0.3 is 5.32 Å². The molecule has 2 aromatic heterocycles. The van der Waals surface area contributed by atoms with Crippen molar-refractivity contribution in [2.24, 2.45) is 0 Å². The number of rotatable bonds is 4. The molecule has 0 aliphatic rings. The molecule has 0 spiro atoms. The van der Waals surface area contributed by atoms with E-state index in [1.165, 1.54) is 0 Å². The molecule has 0 fully saturated rings. The Kier molecular flexibility index (Phi) is 3.46. The molecule has 5 heteroatoms. The third kappa shape index (κ3) is 2.55. The van der Waals surface area contributed by atoms with Gasteiger partial charge in [-0.15, -0.1) is 11.3 Å². The van der Waals surface area contributed by atoms with Crippen LogP contribution in [0.25, 0.3) is 0 Å². The molecule has 16 heavy (non-hydrogen) atoms. The fraction of sp³-hybridized carbons (Fsp3) is 0.182. The average molecular weight is 230 g/mol. The van der Waals surface area contributed by atoms with Gasteiger partial charge in [-0.05, 0) is 6.07 Å². The fourth-order valence-corrected chi connectivity index (χ4v) is 1.91. The van der Waals surface area contributed by atoms with Crippen LogP contribution in [0.5, 0.6) is 0 Å². The first-order valence-corrected chi connectivity index (χ1v) is 5.79. The molecule has 0 aromatic carbocycles. The molecule has 80 valence electrons. The monoisotopic (exact) mass is 230 g/mol. The first-order valence-electron chi connectivity index (χ1n) is 4.85. The molecule has 2 aromatic rings. The molecule has 2 rings (SSSR count). The quantitative estimate of drug-likeness (QED) is 0.873. The predicted octanol–water partition coefficient (Wildman–Crippen LogP) is 2.06. The van der Waals surface area contributed by atoms with Crippen molar-refractivity contribution in [1.29, 1.82) is 5.26 Å². The molecule has 0 radical (unpaired) electrons. The van der Waals surface area contributed by atoms with Crippen molar-refractivity contribution in [1.82, 2.24) is 9.97 Å². The second kappa shape index (κ2) is 5.24. The third-order valence-corrected chi connectivity index (χ3v) is 2.76. The minimum atomic E-state index is 0.619. The molecule has 0 saturated heterocycles. The van der Waals surface area contributed by atoms with E-state index >= 15 is 0 Å². The lowest BCUT2D eigenvalue weighted by Gasteiger charge is -2.05. The highest BCUT2D eigenvalue weighted by Crippen LogP contribution is 2.11. The van der Waals surface area contributed by atoms with Gasteiger partial charge in [-0.25, -0.2) is 4.98 Å². The summed E-state index contributed by atoms with van der Waals surface area (Å²) in [6, 6.07) is 3.82. The number of nitrogens with one attached hydrogen (secondary N) is 1. The van der Waals surface area contributed by atoms with E-state index in [0.717, 1.165) is 24.3 Å². The normalized spacial score (nSPS) is 9.69. The third-order valence-electron chi connectivity index (χ3n) is 2.12. The van der Waals surface area contributed by atoms with E-state index in [-0.39, 0.29) is 0 Å². The van der Waals surface area contributed by atoms with Gasteiger partial charge in [0.1, 0.15) is 6.07 Å². The van der Waals surface area contributed by atoms with E-state index in [2.05, 4.69) is 21.4 Å². The van der Waals surface area contributed by atoms with Gasteiger partial charge in [0.2, 0.25) is 0 Å².